The van der Waals surface area contributed by atoms with Gasteiger partial charge in [0.25, 0.3) is 5.91 Å². The highest BCUT2D eigenvalue weighted by atomic mass is 79.9. The van der Waals surface area contributed by atoms with Gasteiger partial charge >= 0.3 is 0 Å². The Balaban J connectivity index is 2.09. The molecule has 0 unspecified atom stereocenters. The molecule has 132 valence electrons. The van der Waals surface area contributed by atoms with Gasteiger partial charge in [-0.15, -0.1) is 0 Å². The number of anilines is 1. The van der Waals surface area contributed by atoms with E-state index in [0.717, 1.165) is 32.4 Å². The van der Waals surface area contributed by atoms with E-state index in [0.29, 0.717) is 5.56 Å². The Hall–Kier alpha value is -2.14. The molecule has 0 spiro atoms. The summed E-state index contributed by atoms with van der Waals surface area (Å²) in [6.07, 6.45) is 0. The number of aryl methyl sites for hydroxylation is 4. The number of rotatable bonds is 4. The Bertz CT molecular complexity index is 807. The van der Waals surface area contributed by atoms with Crippen LogP contribution in [0.2, 0.25) is 0 Å². The summed E-state index contributed by atoms with van der Waals surface area (Å²) in [6, 6.07) is 9.62. The number of hydrogen-bond donors (Lipinski definition) is 1. The minimum Gasteiger partial charge on any atom is -0.332 e. The van der Waals surface area contributed by atoms with Gasteiger partial charge in [0.05, 0.1) is 6.54 Å². The third-order valence-corrected chi connectivity index (χ3v) is 4.57. The number of amides is 2. The monoisotopic (exact) mass is 402 g/mol. The summed E-state index contributed by atoms with van der Waals surface area (Å²) < 4.78 is 0.959. The van der Waals surface area contributed by atoms with Gasteiger partial charge in [-0.3, -0.25) is 9.59 Å². The van der Waals surface area contributed by atoms with E-state index in [9.17, 15) is 9.59 Å². The zero-order valence-corrected chi connectivity index (χ0v) is 16.8. The van der Waals surface area contributed by atoms with Crippen molar-refractivity contribution in [1.29, 1.82) is 0 Å². The highest BCUT2D eigenvalue weighted by molar-refractivity contribution is 9.10. The van der Waals surface area contributed by atoms with Gasteiger partial charge in [-0.1, -0.05) is 33.6 Å². The fraction of sp³-hybridized carbons (Fsp3) is 0.300. The second-order valence-corrected chi connectivity index (χ2v) is 7.36. The van der Waals surface area contributed by atoms with Crippen LogP contribution in [-0.4, -0.2) is 30.3 Å². The van der Waals surface area contributed by atoms with Crippen molar-refractivity contribution in [3.05, 3.63) is 62.6 Å². The van der Waals surface area contributed by atoms with Crippen LogP contribution in [0.4, 0.5) is 5.69 Å². The second-order valence-electron chi connectivity index (χ2n) is 6.44. The molecule has 0 bridgehead atoms. The largest absolute Gasteiger partial charge is 0.332 e. The molecular formula is C20H23BrN2O2. The van der Waals surface area contributed by atoms with Crippen molar-refractivity contribution in [2.75, 3.05) is 18.9 Å². The van der Waals surface area contributed by atoms with Crippen LogP contribution in [0.3, 0.4) is 0 Å². The molecule has 2 amide bonds. The van der Waals surface area contributed by atoms with Crippen molar-refractivity contribution in [3.63, 3.8) is 0 Å². The zero-order chi connectivity index (χ0) is 18.7. The van der Waals surface area contributed by atoms with Crippen LogP contribution in [-0.2, 0) is 4.79 Å². The van der Waals surface area contributed by atoms with E-state index in [1.165, 1.54) is 4.90 Å². The molecule has 2 rings (SSSR count). The van der Waals surface area contributed by atoms with Gasteiger partial charge in [0, 0.05) is 22.8 Å². The van der Waals surface area contributed by atoms with Crippen LogP contribution >= 0.6 is 15.9 Å². The molecule has 5 heteroatoms. The van der Waals surface area contributed by atoms with Crippen molar-refractivity contribution in [2.45, 2.75) is 27.7 Å². The highest BCUT2D eigenvalue weighted by Gasteiger charge is 2.19. The summed E-state index contributed by atoms with van der Waals surface area (Å²) in [5, 5.41) is 2.86. The number of likely N-dealkylation sites (N-methyl/N-ethyl adjacent to an activating group) is 1. The molecule has 25 heavy (non-hydrogen) atoms. The van der Waals surface area contributed by atoms with Gasteiger partial charge in [-0.05, 0) is 62.6 Å². The lowest BCUT2D eigenvalue weighted by Crippen LogP contribution is -2.35. The SMILES string of the molecule is Cc1cc(C)c(C(=O)N(C)CC(=O)Nc2ccc(Br)cc2C)c(C)c1. The topological polar surface area (TPSA) is 49.4 Å². The molecule has 0 heterocycles. The summed E-state index contributed by atoms with van der Waals surface area (Å²) in [5.41, 5.74) is 5.36. The Labute approximate surface area is 157 Å². The van der Waals surface area contributed by atoms with Gasteiger partial charge in [-0.2, -0.15) is 0 Å². The molecule has 0 aliphatic rings. The van der Waals surface area contributed by atoms with Crippen molar-refractivity contribution in [3.8, 4) is 0 Å². The first-order valence-corrected chi connectivity index (χ1v) is 8.87. The maximum atomic E-state index is 12.7. The zero-order valence-electron chi connectivity index (χ0n) is 15.2. The lowest BCUT2D eigenvalue weighted by molar-refractivity contribution is -0.116. The van der Waals surface area contributed by atoms with Crippen LogP contribution in [0, 0.1) is 27.7 Å². The normalized spacial score (nSPS) is 10.5. The summed E-state index contributed by atoms with van der Waals surface area (Å²) in [5.74, 6) is -0.360. The fourth-order valence-electron chi connectivity index (χ4n) is 2.95. The molecule has 4 nitrogen and oxygen atoms in total. The van der Waals surface area contributed by atoms with Crippen molar-refractivity contribution in [1.82, 2.24) is 4.90 Å². The summed E-state index contributed by atoms with van der Waals surface area (Å²) >= 11 is 3.40. The molecule has 2 aromatic carbocycles. The molecule has 0 atom stereocenters. The van der Waals surface area contributed by atoms with E-state index in [1.807, 2.05) is 58.0 Å². The first kappa shape index (κ1) is 19.2. The van der Waals surface area contributed by atoms with E-state index in [1.54, 1.807) is 7.05 Å². The molecular weight excluding hydrogens is 380 g/mol. The Kier molecular flexibility index (Phi) is 6.01. The minimum atomic E-state index is -0.219. The van der Waals surface area contributed by atoms with Crippen molar-refractivity contribution < 1.29 is 9.59 Å². The molecule has 0 saturated heterocycles. The second kappa shape index (κ2) is 7.83. The average Bonchev–Trinajstić information content (AvgIpc) is 2.48. The first-order chi connectivity index (χ1) is 11.7. The maximum absolute atomic E-state index is 12.7. The maximum Gasteiger partial charge on any atom is 0.254 e. The third-order valence-electron chi connectivity index (χ3n) is 4.08. The van der Waals surface area contributed by atoms with Crippen LogP contribution in [0.25, 0.3) is 0 Å². The fourth-order valence-corrected chi connectivity index (χ4v) is 3.43. The molecule has 0 aliphatic heterocycles. The van der Waals surface area contributed by atoms with Crippen LogP contribution in [0.15, 0.2) is 34.8 Å². The number of halogens is 1. The van der Waals surface area contributed by atoms with Gasteiger partial charge in [0.15, 0.2) is 0 Å². The molecule has 1 N–H and O–H groups in total. The minimum absolute atomic E-state index is 0.00109. The van der Waals surface area contributed by atoms with E-state index in [2.05, 4.69) is 21.2 Å². The highest BCUT2D eigenvalue weighted by Crippen LogP contribution is 2.20. The van der Waals surface area contributed by atoms with Gasteiger partial charge in [0.1, 0.15) is 0 Å². The summed E-state index contributed by atoms with van der Waals surface area (Å²) in [4.78, 5) is 26.5. The quantitative estimate of drug-likeness (QED) is 0.823. The number of nitrogens with one attached hydrogen (secondary N) is 1. The Morgan fingerprint density at radius 2 is 1.60 bits per heavy atom. The third kappa shape index (κ3) is 4.69. The first-order valence-electron chi connectivity index (χ1n) is 8.08. The predicted octanol–water partition coefficient (Wildman–Crippen LogP) is 4.39. The predicted molar refractivity (Wildman–Crippen MR) is 105 cm³/mol. The van der Waals surface area contributed by atoms with Gasteiger partial charge in [-0.25, -0.2) is 0 Å². The smallest absolute Gasteiger partial charge is 0.254 e. The van der Waals surface area contributed by atoms with Crippen molar-refractivity contribution >= 4 is 33.4 Å². The average molecular weight is 403 g/mol. The Morgan fingerprint density at radius 1 is 1.00 bits per heavy atom. The number of benzene rings is 2. The number of hydrogen-bond acceptors (Lipinski definition) is 2. The van der Waals surface area contributed by atoms with Gasteiger partial charge < -0.3 is 10.2 Å². The van der Waals surface area contributed by atoms with Crippen molar-refractivity contribution in [2.24, 2.45) is 0 Å². The van der Waals surface area contributed by atoms with E-state index in [-0.39, 0.29) is 18.4 Å². The lowest BCUT2D eigenvalue weighted by Gasteiger charge is -2.20. The van der Waals surface area contributed by atoms with Crippen LogP contribution in [0.1, 0.15) is 32.6 Å². The lowest BCUT2D eigenvalue weighted by atomic mass is 9.99. The number of carbonyl (C=O) groups is 2. The summed E-state index contributed by atoms with van der Waals surface area (Å²) in [7, 11) is 1.65. The molecule has 0 aliphatic carbocycles. The molecule has 0 fully saturated rings. The number of nitrogens with zero attached hydrogens (tertiary/aromatic N) is 1. The molecule has 0 radical (unpaired) electrons. The van der Waals surface area contributed by atoms with E-state index in [4.69, 9.17) is 0 Å². The molecule has 0 saturated carbocycles. The number of carbonyl (C=O) groups excluding carboxylic acids is 2. The molecule has 0 aromatic heterocycles. The van der Waals surface area contributed by atoms with Crippen LogP contribution in [0.5, 0.6) is 0 Å². The van der Waals surface area contributed by atoms with E-state index < -0.39 is 0 Å². The Morgan fingerprint density at radius 3 is 2.16 bits per heavy atom. The standard InChI is InChI=1S/C20H23BrN2O2/c1-12-8-14(3)19(15(4)9-12)20(25)23(5)11-18(24)22-17-7-6-16(21)10-13(17)2/h6-10H,11H2,1-5H3,(H,22,24). The van der Waals surface area contributed by atoms with Gasteiger partial charge in [0.2, 0.25) is 5.91 Å². The van der Waals surface area contributed by atoms with E-state index >= 15 is 0 Å². The summed E-state index contributed by atoms with van der Waals surface area (Å²) in [6.45, 7) is 7.78. The van der Waals surface area contributed by atoms with Crippen LogP contribution < -0.4 is 5.32 Å². The molecule has 2 aromatic rings.